The van der Waals surface area contributed by atoms with E-state index in [1.807, 2.05) is 19.1 Å². The Balaban J connectivity index is 3.20. The van der Waals surface area contributed by atoms with Gasteiger partial charge in [-0.15, -0.1) is 0 Å². The Labute approximate surface area is 153 Å². The van der Waals surface area contributed by atoms with Crippen molar-refractivity contribution in [2.24, 2.45) is 0 Å². The van der Waals surface area contributed by atoms with Crippen molar-refractivity contribution in [1.82, 2.24) is 0 Å². The molecule has 25 heavy (non-hydrogen) atoms. The molecule has 1 atom stereocenters. The number of phenolic OH excluding ortho intramolecular Hbond substituents is 1. The van der Waals surface area contributed by atoms with Crippen molar-refractivity contribution in [3.05, 3.63) is 28.8 Å². The number of esters is 1. The van der Waals surface area contributed by atoms with Crippen LogP contribution in [-0.2, 0) is 20.4 Å². The van der Waals surface area contributed by atoms with E-state index in [4.69, 9.17) is 4.74 Å². The molecule has 0 heterocycles. The average molecular weight is 349 g/mol. The maximum absolute atomic E-state index is 12.4. The van der Waals surface area contributed by atoms with E-state index < -0.39 is 0 Å². The number of ether oxygens (including phenoxy) is 1. The van der Waals surface area contributed by atoms with Crippen molar-refractivity contribution >= 4 is 5.97 Å². The van der Waals surface area contributed by atoms with Gasteiger partial charge in [-0.1, -0.05) is 73.4 Å². The molecule has 0 spiro atoms. The summed E-state index contributed by atoms with van der Waals surface area (Å²) in [6.45, 7) is 16.9. The SMILES string of the molecule is CCCCCOC(=O)C(C)c1cc(C(C)(C)C)c(O)c(C(C)(C)C)c1. The van der Waals surface area contributed by atoms with Crippen molar-refractivity contribution in [2.75, 3.05) is 6.61 Å². The predicted molar refractivity (Wildman–Crippen MR) is 104 cm³/mol. The van der Waals surface area contributed by atoms with Crippen molar-refractivity contribution in [2.45, 2.75) is 91.4 Å². The molecule has 1 rings (SSSR count). The maximum atomic E-state index is 12.4. The second-order valence-electron chi connectivity index (χ2n) is 9.06. The third kappa shape index (κ3) is 5.76. The highest BCUT2D eigenvalue weighted by atomic mass is 16.5. The zero-order valence-corrected chi connectivity index (χ0v) is 17.3. The molecular weight excluding hydrogens is 312 g/mol. The average Bonchev–Trinajstić information content (AvgIpc) is 2.48. The highest BCUT2D eigenvalue weighted by molar-refractivity contribution is 5.78. The normalized spacial score (nSPS) is 13.6. The van der Waals surface area contributed by atoms with E-state index in [0.717, 1.165) is 36.0 Å². The van der Waals surface area contributed by atoms with E-state index in [1.54, 1.807) is 0 Å². The molecule has 1 aromatic carbocycles. The summed E-state index contributed by atoms with van der Waals surface area (Å²) >= 11 is 0. The Morgan fingerprint density at radius 1 is 1.04 bits per heavy atom. The summed E-state index contributed by atoms with van der Waals surface area (Å²) < 4.78 is 5.44. The van der Waals surface area contributed by atoms with Gasteiger partial charge in [-0.2, -0.15) is 0 Å². The molecule has 0 amide bonds. The van der Waals surface area contributed by atoms with Crippen LogP contribution in [0.5, 0.6) is 5.75 Å². The molecule has 1 aromatic rings. The first-order chi connectivity index (χ1) is 11.4. The molecule has 0 saturated heterocycles. The Morgan fingerprint density at radius 3 is 1.92 bits per heavy atom. The monoisotopic (exact) mass is 348 g/mol. The number of hydrogen-bond acceptors (Lipinski definition) is 3. The first kappa shape index (κ1) is 21.5. The molecular formula is C22H36O3. The van der Waals surface area contributed by atoms with E-state index in [0.29, 0.717) is 12.4 Å². The lowest BCUT2D eigenvalue weighted by molar-refractivity contribution is -0.145. The third-order valence-electron chi connectivity index (χ3n) is 4.59. The summed E-state index contributed by atoms with van der Waals surface area (Å²) in [7, 11) is 0. The van der Waals surface area contributed by atoms with Crippen molar-refractivity contribution in [1.29, 1.82) is 0 Å². The molecule has 0 aromatic heterocycles. The molecule has 0 radical (unpaired) electrons. The summed E-state index contributed by atoms with van der Waals surface area (Å²) in [5, 5.41) is 10.8. The Hall–Kier alpha value is -1.51. The van der Waals surface area contributed by atoms with Crippen LogP contribution in [0.1, 0.15) is 97.3 Å². The summed E-state index contributed by atoms with van der Waals surface area (Å²) in [6, 6.07) is 3.92. The second kappa shape index (κ2) is 8.25. The van der Waals surface area contributed by atoms with Crippen LogP contribution >= 0.6 is 0 Å². The Kier molecular flexibility index (Phi) is 7.10. The Bertz CT molecular complexity index is 553. The largest absolute Gasteiger partial charge is 0.507 e. The highest BCUT2D eigenvalue weighted by Crippen LogP contribution is 2.41. The molecule has 1 N–H and O–H groups in total. The van der Waals surface area contributed by atoms with Gasteiger partial charge in [0.25, 0.3) is 0 Å². The molecule has 1 unspecified atom stereocenters. The summed E-state index contributed by atoms with van der Waals surface area (Å²) in [6.07, 6.45) is 3.09. The van der Waals surface area contributed by atoms with Gasteiger partial charge in [0.1, 0.15) is 5.75 Å². The van der Waals surface area contributed by atoms with Gasteiger partial charge in [0.15, 0.2) is 0 Å². The molecule has 0 aliphatic rings. The van der Waals surface area contributed by atoms with Gasteiger partial charge in [0.2, 0.25) is 0 Å². The number of rotatable bonds is 6. The van der Waals surface area contributed by atoms with Crippen molar-refractivity contribution in [3.63, 3.8) is 0 Å². The number of benzene rings is 1. The standard InChI is InChI=1S/C22H36O3/c1-9-10-11-12-25-20(24)15(2)16-13-17(21(3,4)5)19(23)18(14-16)22(6,7)8/h13-15,23H,9-12H2,1-8H3. The number of carbonyl (C=O) groups excluding carboxylic acids is 1. The number of hydrogen-bond donors (Lipinski definition) is 1. The van der Waals surface area contributed by atoms with Crippen LogP contribution in [0.3, 0.4) is 0 Å². The first-order valence-electron chi connectivity index (χ1n) is 9.44. The van der Waals surface area contributed by atoms with Gasteiger partial charge < -0.3 is 9.84 Å². The van der Waals surface area contributed by atoms with E-state index >= 15 is 0 Å². The number of unbranched alkanes of at least 4 members (excludes halogenated alkanes) is 2. The fourth-order valence-corrected chi connectivity index (χ4v) is 2.84. The lowest BCUT2D eigenvalue weighted by Crippen LogP contribution is -2.20. The van der Waals surface area contributed by atoms with Gasteiger partial charge in [0.05, 0.1) is 12.5 Å². The smallest absolute Gasteiger partial charge is 0.313 e. The van der Waals surface area contributed by atoms with Crippen molar-refractivity contribution < 1.29 is 14.6 Å². The van der Waals surface area contributed by atoms with Crippen molar-refractivity contribution in [3.8, 4) is 5.75 Å². The minimum absolute atomic E-state index is 0.193. The van der Waals surface area contributed by atoms with E-state index in [1.165, 1.54) is 0 Å². The fourth-order valence-electron chi connectivity index (χ4n) is 2.84. The topological polar surface area (TPSA) is 46.5 Å². The van der Waals surface area contributed by atoms with E-state index in [2.05, 4.69) is 48.5 Å². The van der Waals surface area contributed by atoms with Gasteiger partial charge >= 0.3 is 5.97 Å². The lowest BCUT2D eigenvalue weighted by atomic mass is 9.77. The summed E-state index contributed by atoms with van der Waals surface area (Å²) in [4.78, 5) is 12.4. The Morgan fingerprint density at radius 2 is 1.52 bits per heavy atom. The zero-order valence-electron chi connectivity index (χ0n) is 17.3. The van der Waals surface area contributed by atoms with Crippen LogP contribution in [0.4, 0.5) is 0 Å². The van der Waals surface area contributed by atoms with Crippen LogP contribution in [0.25, 0.3) is 0 Å². The van der Waals surface area contributed by atoms with Crippen LogP contribution in [0.2, 0.25) is 0 Å². The number of phenols is 1. The van der Waals surface area contributed by atoms with E-state index in [-0.39, 0.29) is 22.7 Å². The lowest BCUT2D eigenvalue weighted by Gasteiger charge is -2.29. The second-order valence-corrected chi connectivity index (χ2v) is 9.06. The summed E-state index contributed by atoms with van der Waals surface area (Å²) in [5.74, 6) is -0.196. The molecule has 142 valence electrons. The summed E-state index contributed by atoms with van der Waals surface area (Å²) in [5.41, 5.74) is 2.25. The first-order valence-corrected chi connectivity index (χ1v) is 9.44. The molecule has 0 saturated carbocycles. The van der Waals surface area contributed by atoms with Crippen LogP contribution in [0.15, 0.2) is 12.1 Å². The predicted octanol–water partition coefficient (Wildman–Crippen LogP) is 5.82. The van der Waals surface area contributed by atoms with Crippen LogP contribution in [0, 0.1) is 0 Å². The van der Waals surface area contributed by atoms with Gasteiger partial charge in [-0.25, -0.2) is 0 Å². The molecule has 0 bridgehead atoms. The number of aromatic hydroxyl groups is 1. The molecule has 3 heteroatoms. The van der Waals surface area contributed by atoms with E-state index in [9.17, 15) is 9.90 Å². The van der Waals surface area contributed by atoms with Gasteiger partial charge in [0, 0.05) is 0 Å². The number of carbonyl (C=O) groups is 1. The van der Waals surface area contributed by atoms with Gasteiger partial charge in [-0.05, 0) is 40.9 Å². The highest BCUT2D eigenvalue weighted by Gasteiger charge is 2.29. The minimum atomic E-state index is -0.343. The molecule has 0 aliphatic heterocycles. The fraction of sp³-hybridized carbons (Fsp3) is 0.682. The van der Waals surface area contributed by atoms with Gasteiger partial charge in [-0.3, -0.25) is 4.79 Å². The van der Waals surface area contributed by atoms with Crippen LogP contribution < -0.4 is 0 Å². The minimum Gasteiger partial charge on any atom is -0.507 e. The third-order valence-corrected chi connectivity index (χ3v) is 4.59. The van der Waals surface area contributed by atoms with Crippen LogP contribution in [-0.4, -0.2) is 17.7 Å². The molecule has 0 aliphatic carbocycles. The maximum Gasteiger partial charge on any atom is 0.313 e. The molecule has 3 nitrogen and oxygen atoms in total. The zero-order chi connectivity index (χ0) is 19.4. The quantitative estimate of drug-likeness (QED) is 0.520. The molecule has 0 fully saturated rings.